The van der Waals surface area contributed by atoms with Crippen molar-refractivity contribution in [1.29, 1.82) is 0 Å². The van der Waals surface area contributed by atoms with Gasteiger partial charge in [0, 0.05) is 22.7 Å². The van der Waals surface area contributed by atoms with E-state index in [0.29, 0.717) is 18.6 Å². The summed E-state index contributed by atoms with van der Waals surface area (Å²) >= 11 is 1.66. The van der Waals surface area contributed by atoms with Crippen molar-refractivity contribution in [3.8, 4) is 0 Å². The Morgan fingerprint density at radius 1 is 1.20 bits per heavy atom. The van der Waals surface area contributed by atoms with E-state index in [9.17, 15) is 4.79 Å². The molecule has 0 spiro atoms. The van der Waals surface area contributed by atoms with Crippen LogP contribution in [0.4, 0.5) is 0 Å². The SMILES string of the molecule is CCc1ccc(C(NC(=O)CCc2c(C)nc3ncnn3c2C)c2cccs2)cc1. The van der Waals surface area contributed by atoms with Gasteiger partial charge in [0.1, 0.15) is 6.33 Å². The van der Waals surface area contributed by atoms with Crippen LogP contribution in [0.3, 0.4) is 0 Å². The van der Waals surface area contributed by atoms with E-state index in [1.165, 1.54) is 11.9 Å². The van der Waals surface area contributed by atoms with E-state index < -0.39 is 0 Å². The van der Waals surface area contributed by atoms with Gasteiger partial charge in [0.25, 0.3) is 5.78 Å². The third kappa shape index (κ3) is 4.11. The fourth-order valence-corrected chi connectivity index (χ4v) is 4.51. The molecule has 0 saturated carbocycles. The average molecular weight is 420 g/mol. The van der Waals surface area contributed by atoms with Crippen molar-refractivity contribution < 1.29 is 4.79 Å². The Morgan fingerprint density at radius 2 is 2.00 bits per heavy atom. The van der Waals surface area contributed by atoms with E-state index in [-0.39, 0.29) is 11.9 Å². The summed E-state index contributed by atoms with van der Waals surface area (Å²) < 4.78 is 1.73. The largest absolute Gasteiger partial charge is 0.344 e. The lowest BCUT2D eigenvalue weighted by atomic mass is 10.0. The first-order chi connectivity index (χ1) is 14.6. The Hall–Kier alpha value is -3.06. The van der Waals surface area contributed by atoms with Crippen molar-refractivity contribution in [2.24, 2.45) is 0 Å². The number of nitrogens with zero attached hydrogens (tertiary/aromatic N) is 4. The van der Waals surface area contributed by atoms with Crippen molar-refractivity contribution in [2.45, 2.75) is 46.1 Å². The molecule has 1 aromatic carbocycles. The molecule has 0 aliphatic heterocycles. The number of fused-ring (bicyclic) bond motifs is 1. The lowest BCUT2D eigenvalue weighted by molar-refractivity contribution is -0.121. The molecule has 0 fully saturated rings. The normalized spacial score (nSPS) is 12.2. The van der Waals surface area contributed by atoms with Crippen LogP contribution in [0.5, 0.6) is 0 Å². The highest BCUT2D eigenvalue weighted by atomic mass is 32.1. The molecular weight excluding hydrogens is 394 g/mol. The Kier molecular flexibility index (Phi) is 5.90. The lowest BCUT2D eigenvalue weighted by Crippen LogP contribution is -2.29. The van der Waals surface area contributed by atoms with Gasteiger partial charge in [0.15, 0.2) is 0 Å². The molecule has 3 aromatic heterocycles. The summed E-state index contributed by atoms with van der Waals surface area (Å²) in [6, 6.07) is 12.4. The minimum absolute atomic E-state index is 0.0189. The summed E-state index contributed by atoms with van der Waals surface area (Å²) in [5.41, 5.74) is 5.31. The summed E-state index contributed by atoms with van der Waals surface area (Å²) in [6.07, 6.45) is 3.50. The van der Waals surface area contributed by atoms with E-state index in [1.54, 1.807) is 15.9 Å². The maximum atomic E-state index is 12.9. The van der Waals surface area contributed by atoms with Crippen LogP contribution in [0.15, 0.2) is 48.1 Å². The summed E-state index contributed by atoms with van der Waals surface area (Å²) in [5.74, 6) is 0.608. The van der Waals surface area contributed by atoms with Gasteiger partial charge in [-0.2, -0.15) is 10.1 Å². The first-order valence-corrected chi connectivity index (χ1v) is 11.0. The van der Waals surface area contributed by atoms with Gasteiger partial charge in [0.2, 0.25) is 5.91 Å². The monoisotopic (exact) mass is 419 g/mol. The minimum Gasteiger partial charge on any atom is -0.344 e. The van der Waals surface area contributed by atoms with E-state index in [2.05, 4.69) is 57.6 Å². The van der Waals surface area contributed by atoms with Crippen molar-refractivity contribution in [2.75, 3.05) is 0 Å². The Morgan fingerprint density at radius 3 is 2.70 bits per heavy atom. The molecule has 0 aliphatic carbocycles. The van der Waals surface area contributed by atoms with Crippen molar-refractivity contribution in [3.05, 3.63) is 81.1 Å². The second-order valence-electron chi connectivity index (χ2n) is 7.34. The Labute approximate surface area is 180 Å². The molecule has 0 aliphatic rings. The van der Waals surface area contributed by atoms with Crippen molar-refractivity contribution in [3.63, 3.8) is 0 Å². The number of hydrogen-bond acceptors (Lipinski definition) is 5. The number of benzene rings is 1. The van der Waals surface area contributed by atoms with Crippen LogP contribution < -0.4 is 5.32 Å². The molecule has 7 heteroatoms. The van der Waals surface area contributed by atoms with Gasteiger partial charge < -0.3 is 5.32 Å². The number of rotatable bonds is 7. The minimum atomic E-state index is -0.137. The highest BCUT2D eigenvalue weighted by molar-refractivity contribution is 7.10. The molecule has 1 amide bonds. The fourth-order valence-electron chi connectivity index (χ4n) is 3.71. The van der Waals surface area contributed by atoms with Crippen molar-refractivity contribution in [1.82, 2.24) is 24.9 Å². The standard InChI is InChI=1S/C23H25N5OS/c1-4-17-7-9-18(10-8-17)22(20-6-5-13-30-20)27-21(29)12-11-19-15(2)26-23-24-14-25-28(23)16(19)3/h5-10,13-14,22H,4,11-12H2,1-3H3,(H,27,29). The molecule has 3 heterocycles. The molecule has 1 N–H and O–H groups in total. The molecule has 30 heavy (non-hydrogen) atoms. The zero-order valence-corrected chi connectivity index (χ0v) is 18.2. The maximum absolute atomic E-state index is 12.9. The number of hydrogen-bond donors (Lipinski definition) is 1. The molecule has 1 atom stereocenters. The maximum Gasteiger partial charge on any atom is 0.252 e. The number of aryl methyl sites for hydroxylation is 3. The van der Waals surface area contributed by atoms with Gasteiger partial charge >= 0.3 is 0 Å². The highest BCUT2D eigenvalue weighted by Crippen LogP contribution is 2.27. The zero-order chi connectivity index (χ0) is 21.1. The Balaban J connectivity index is 1.51. The predicted octanol–water partition coefficient (Wildman–Crippen LogP) is 4.20. The van der Waals surface area contributed by atoms with E-state index in [4.69, 9.17) is 0 Å². The lowest BCUT2D eigenvalue weighted by Gasteiger charge is -2.19. The third-order valence-electron chi connectivity index (χ3n) is 5.45. The van der Waals surface area contributed by atoms with Crippen LogP contribution in [-0.2, 0) is 17.6 Å². The van der Waals surface area contributed by atoms with Gasteiger partial charge in [-0.15, -0.1) is 11.3 Å². The fraction of sp³-hybridized carbons (Fsp3) is 0.304. The van der Waals surface area contributed by atoms with Crippen LogP contribution in [0.25, 0.3) is 5.78 Å². The number of amides is 1. The molecule has 4 rings (SSSR count). The molecule has 0 bridgehead atoms. The second-order valence-corrected chi connectivity index (χ2v) is 8.32. The van der Waals surface area contributed by atoms with E-state index >= 15 is 0 Å². The van der Waals surface area contributed by atoms with Crippen LogP contribution in [0.2, 0.25) is 0 Å². The van der Waals surface area contributed by atoms with Gasteiger partial charge in [0.05, 0.1) is 6.04 Å². The summed E-state index contributed by atoms with van der Waals surface area (Å²) in [4.78, 5) is 22.7. The van der Waals surface area contributed by atoms with Gasteiger partial charge in [-0.1, -0.05) is 37.3 Å². The average Bonchev–Trinajstić information content (AvgIpc) is 3.44. The summed E-state index contributed by atoms with van der Waals surface area (Å²) in [7, 11) is 0. The molecule has 154 valence electrons. The quantitative estimate of drug-likeness (QED) is 0.487. The molecule has 0 saturated heterocycles. The Bertz CT molecular complexity index is 1150. The molecule has 4 aromatic rings. The molecule has 6 nitrogen and oxygen atoms in total. The van der Waals surface area contributed by atoms with Crippen molar-refractivity contribution >= 4 is 23.0 Å². The second kappa shape index (κ2) is 8.75. The third-order valence-corrected chi connectivity index (χ3v) is 6.38. The molecule has 0 radical (unpaired) electrons. The number of nitrogens with one attached hydrogen (secondary N) is 1. The predicted molar refractivity (Wildman–Crippen MR) is 119 cm³/mol. The van der Waals surface area contributed by atoms with Gasteiger partial charge in [-0.25, -0.2) is 9.50 Å². The smallest absolute Gasteiger partial charge is 0.252 e. The zero-order valence-electron chi connectivity index (χ0n) is 17.4. The summed E-state index contributed by atoms with van der Waals surface area (Å²) in [5, 5.41) is 9.50. The van der Waals surface area contributed by atoms with Gasteiger partial charge in [-0.3, -0.25) is 4.79 Å². The van der Waals surface area contributed by atoms with Crippen LogP contribution in [-0.4, -0.2) is 25.5 Å². The van der Waals surface area contributed by atoms with Gasteiger partial charge in [-0.05, 0) is 54.8 Å². The molecular formula is C23H25N5OS. The first kappa shape index (κ1) is 20.2. The first-order valence-electron chi connectivity index (χ1n) is 10.1. The number of carbonyl (C=O) groups excluding carboxylic acids is 1. The number of carbonyl (C=O) groups is 1. The highest BCUT2D eigenvalue weighted by Gasteiger charge is 2.19. The molecule has 1 unspecified atom stereocenters. The topological polar surface area (TPSA) is 72.2 Å². The van der Waals surface area contributed by atoms with E-state index in [0.717, 1.165) is 33.8 Å². The number of thiophene rings is 1. The van der Waals surface area contributed by atoms with Crippen LogP contribution in [0, 0.1) is 13.8 Å². The summed E-state index contributed by atoms with van der Waals surface area (Å²) in [6.45, 7) is 6.09. The van der Waals surface area contributed by atoms with Crippen LogP contribution >= 0.6 is 11.3 Å². The van der Waals surface area contributed by atoms with Crippen LogP contribution in [0.1, 0.15) is 52.3 Å². The van der Waals surface area contributed by atoms with E-state index in [1.807, 2.05) is 25.3 Å². The number of aromatic nitrogens is 4.